The number of esters is 1. The quantitative estimate of drug-likeness (QED) is 0.305. The van der Waals surface area contributed by atoms with Gasteiger partial charge in [-0.15, -0.1) is 11.8 Å². The minimum absolute atomic E-state index is 0.159. The third-order valence-electron chi connectivity index (χ3n) is 3.17. The van der Waals surface area contributed by atoms with Gasteiger partial charge in [-0.05, 0) is 49.5 Å². The molecule has 0 unspecified atom stereocenters. The molecule has 2 N–H and O–H groups in total. The number of ether oxygens (including phenoxy) is 1. The maximum absolute atomic E-state index is 11.8. The van der Waals surface area contributed by atoms with E-state index in [4.69, 9.17) is 17.0 Å². The SMILES string of the molecule is CCOC(=O)CC(=O)CSc1cccc(NC(=S)Nc2ccccc2)c1. The molecule has 0 fully saturated rings. The molecule has 0 amide bonds. The number of para-hydroxylation sites is 1. The van der Waals surface area contributed by atoms with Gasteiger partial charge in [0.25, 0.3) is 0 Å². The molecule has 0 aliphatic heterocycles. The first kappa shape index (κ1) is 19.9. The van der Waals surface area contributed by atoms with E-state index in [1.807, 2.05) is 54.6 Å². The fraction of sp³-hybridized carbons (Fsp3) is 0.211. The molecule has 0 spiro atoms. The predicted octanol–water partition coefficient (Wildman–Crippen LogP) is 4.11. The van der Waals surface area contributed by atoms with Gasteiger partial charge in [0.05, 0.1) is 12.4 Å². The van der Waals surface area contributed by atoms with Gasteiger partial charge in [-0.1, -0.05) is 24.3 Å². The van der Waals surface area contributed by atoms with Crippen molar-refractivity contribution in [3.8, 4) is 0 Å². The topological polar surface area (TPSA) is 67.4 Å². The maximum Gasteiger partial charge on any atom is 0.313 e. The van der Waals surface area contributed by atoms with Crippen molar-refractivity contribution in [2.75, 3.05) is 23.0 Å². The third kappa shape index (κ3) is 7.25. The fourth-order valence-corrected chi connectivity index (χ4v) is 3.12. The number of rotatable bonds is 8. The van der Waals surface area contributed by atoms with Crippen LogP contribution in [0, 0.1) is 0 Å². The second-order valence-corrected chi connectivity index (χ2v) is 6.74. The number of thiocarbonyl (C=S) groups is 1. The highest BCUT2D eigenvalue weighted by Crippen LogP contribution is 2.22. The van der Waals surface area contributed by atoms with Gasteiger partial charge in [0.15, 0.2) is 10.9 Å². The smallest absolute Gasteiger partial charge is 0.313 e. The predicted molar refractivity (Wildman–Crippen MR) is 110 cm³/mol. The van der Waals surface area contributed by atoms with Crippen LogP contribution in [0.25, 0.3) is 0 Å². The molecule has 7 heteroatoms. The van der Waals surface area contributed by atoms with E-state index in [2.05, 4.69) is 10.6 Å². The van der Waals surface area contributed by atoms with Gasteiger partial charge in [-0.3, -0.25) is 9.59 Å². The van der Waals surface area contributed by atoms with Crippen molar-refractivity contribution in [1.29, 1.82) is 0 Å². The highest BCUT2D eigenvalue weighted by atomic mass is 32.2. The molecule has 26 heavy (non-hydrogen) atoms. The van der Waals surface area contributed by atoms with Crippen LogP contribution < -0.4 is 10.6 Å². The van der Waals surface area contributed by atoms with Gasteiger partial charge in [-0.25, -0.2) is 0 Å². The van der Waals surface area contributed by atoms with Crippen LogP contribution in [-0.4, -0.2) is 29.2 Å². The van der Waals surface area contributed by atoms with Crippen LogP contribution in [0.3, 0.4) is 0 Å². The number of nitrogens with one attached hydrogen (secondary N) is 2. The first-order chi connectivity index (χ1) is 12.6. The molecular formula is C19H20N2O3S2. The number of thioether (sulfide) groups is 1. The molecule has 0 atom stereocenters. The number of hydrogen-bond donors (Lipinski definition) is 2. The summed E-state index contributed by atoms with van der Waals surface area (Å²) in [4.78, 5) is 24.0. The summed E-state index contributed by atoms with van der Waals surface area (Å²) in [5.41, 5.74) is 1.72. The van der Waals surface area contributed by atoms with Crippen molar-refractivity contribution >= 4 is 52.2 Å². The average molecular weight is 389 g/mol. The second kappa shape index (κ2) is 10.6. The van der Waals surface area contributed by atoms with E-state index < -0.39 is 5.97 Å². The summed E-state index contributed by atoms with van der Waals surface area (Å²) >= 11 is 6.68. The Morgan fingerprint density at radius 3 is 2.46 bits per heavy atom. The van der Waals surface area contributed by atoms with Crippen LogP contribution in [0.4, 0.5) is 11.4 Å². The molecular weight excluding hydrogens is 368 g/mol. The minimum atomic E-state index is -0.481. The Bertz CT molecular complexity index is 766. The Labute approximate surface area is 162 Å². The largest absolute Gasteiger partial charge is 0.466 e. The standard InChI is InChI=1S/C19H20N2O3S2/c1-2-24-18(23)12-16(22)13-26-17-10-6-9-15(11-17)21-19(25)20-14-7-4-3-5-8-14/h3-11H,2,12-13H2,1H3,(H2,20,21,25). The molecule has 0 aromatic heterocycles. The summed E-state index contributed by atoms with van der Waals surface area (Å²) < 4.78 is 4.78. The third-order valence-corrected chi connectivity index (χ3v) is 4.43. The Balaban J connectivity index is 1.84. The number of hydrogen-bond acceptors (Lipinski definition) is 5. The lowest BCUT2D eigenvalue weighted by molar-refractivity contribution is -0.145. The lowest BCUT2D eigenvalue weighted by atomic mass is 10.3. The summed E-state index contributed by atoms with van der Waals surface area (Å²) in [6, 6.07) is 17.2. The average Bonchev–Trinajstić information content (AvgIpc) is 2.61. The molecule has 136 valence electrons. The summed E-state index contributed by atoms with van der Waals surface area (Å²) in [7, 11) is 0. The van der Waals surface area contributed by atoms with Crippen LogP contribution in [0.2, 0.25) is 0 Å². The normalized spacial score (nSPS) is 10.0. The molecule has 5 nitrogen and oxygen atoms in total. The lowest BCUT2D eigenvalue weighted by Gasteiger charge is -2.11. The van der Waals surface area contributed by atoms with Crippen molar-refractivity contribution in [2.45, 2.75) is 18.2 Å². The van der Waals surface area contributed by atoms with Gasteiger partial charge >= 0.3 is 5.97 Å². The van der Waals surface area contributed by atoms with Gasteiger partial charge in [0, 0.05) is 16.3 Å². The van der Waals surface area contributed by atoms with E-state index in [9.17, 15) is 9.59 Å². The molecule has 0 aliphatic carbocycles. The van der Waals surface area contributed by atoms with Crippen molar-refractivity contribution in [1.82, 2.24) is 0 Å². The molecule has 0 radical (unpaired) electrons. The summed E-state index contributed by atoms with van der Waals surface area (Å²) in [5.74, 6) is -0.423. The zero-order chi connectivity index (χ0) is 18.8. The zero-order valence-electron chi connectivity index (χ0n) is 14.4. The molecule has 2 rings (SSSR count). The number of ketones is 1. The van der Waals surface area contributed by atoms with Crippen LogP contribution in [-0.2, 0) is 14.3 Å². The van der Waals surface area contributed by atoms with E-state index in [0.29, 0.717) is 5.11 Å². The van der Waals surface area contributed by atoms with E-state index in [1.54, 1.807) is 6.92 Å². The number of anilines is 2. The molecule has 2 aromatic rings. The van der Waals surface area contributed by atoms with Crippen molar-refractivity contribution in [2.24, 2.45) is 0 Å². The van der Waals surface area contributed by atoms with Crippen molar-refractivity contribution in [3.05, 3.63) is 54.6 Å². The van der Waals surface area contributed by atoms with Gasteiger partial charge < -0.3 is 15.4 Å². The first-order valence-electron chi connectivity index (χ1n) is 8.10. The molecule has 0 saturated carbocycles. The van der Waals surface area contributed by atoms with E-state index >= 15 is 0 Å². The number of carbonyl (C=O) groups excluding carboxylic acids is 2. The molecule has 0 saturated heterocycles. The monoisotopic (exact) mass is 388 g/mol. The van der Waals surface area contributed by atoms with Gasteiger partial charge in [-0.2, -0.15) is 0 Å². The van der Waals surface area contributed by atoms with E-state index in [0.717, 1.165) is 16.3 Å². The highest BCUT2D eigenvalue weighted by Gasteiger charge is 2.11. The first-order valence-corrected chi connectivity index (χ1v) is 9.49. The summed E-state index contributed by atoms with van der Waals surface area (Å²) in [5, 5.41) is 6.70. The Hall–Kier alpha value is -2.38. The Kier molecular flexibility index (Phi) is 8.11. The van der Waals surface area contributed by atoms with Crippen LogP contribution in [0.15, 0.2) is 59.5 Å². The highest BCUT2D eigenvalue weighted by molar-refractivity contribution is 8.00. The Morgan fingerprint density at radius 1 is 1.04 bits per heavy atom. The van der Waals surface area contributed by atoms with Gasteiger partial charge in [0.1, 0.15) is 6.42 Å². The Morgan fingerprint density at radius 2 is 1.73 bits per heavy atom. The fourth-order valence-electron chi connectivity index (χ4n) is 2.07. The van der Waals surface area contributed by atoms with Crippen molar-refractivity contribution < 1.29 is 14.3 Å². The molecule has 0 bridgehead atoms. The summed E-state index contributed by atoms with van der Waals surface area (Å²) in [6.45, 7) is 2.00. The molecule has 0 heterocycles. The van der Waals surface area contributed by atoms with Crippen LogP contribution >= 0.6 is 24.0 Å². The number of carbonyl (C=O) groups is 2. The number of Topliss-reactive ketones (excluding diaryl/α,β-unsaturated/α-hetero) is 1. The maximum atomic E-state index is 11.8. The second-order valence-electron chi connectivity index (χ2n) is 5.28. The van der Waals surface area contributed by atoms with Gasteiger partial charge in [0.2, 0.25) is 0 Å². The molecule has 0 aliphatic rings. The van der Waals surface area contributed by atoms with Crippen LogP contribution in [0.1, 0.15) is 13.3 Å². The van der Waals surface area contributed by atoms with Crippen LogP contribution in [0.5, 0.6) is 0 Å². The molecule has 2 aromatic carbocycles. The zero-order valence-corrected chi connectivity index (χ0v) is 16.0. The van der Waals surface area contributed by atoms with Crippen molar-refractivity contribution in [3.63, 3.8) is 0 Å². The minimum Gasteiger partial charge on any atom is -0.466 e. The lowest BCUT2D eigenvalue weighted by Crippen LogP contribution is -2.18. The summed E-state index contributed by atoms with van der Waals surface area (Å²) in [6.07, 6.45) is -0.191. The van der Waals surface area contributed by atoms with E-state index in [1.165, 1.54) is 11.8 Å². The number of benzene rings is 2. The van der Waals surface area contributed by atoms with E-state index in [-0.39, 0.29) is 24.6 Å².